The maximum atomic E-state index is 12.2. The molecule has 1 aromatic heterocycles. The van der Waals surface area contributed by atoms with Crippen LogP contribution in [0.1, 0.15) is 27.2 Å². The Morgan fingerprint density at radius 1 is 1.04 bits per heavy atom. The zero-order chi connectivity index (χ0) is 16.8. The van der Waals surface area contributed by atoms with Crippen molar-refractivity contribution in [2.24, 2.45) is 0 Å². The van der Waals surface area contributed by atoms with Gasteiger partial charge >= 0.3 is 0 Å². The van der Waals surface area contributed by atoms with Crippen LogP contribution >= 0.6 is 11.6 Å². The van der Waals surface area contributed by atoms with Gasteiger partial charge in [0.15, 0.2) is 0 Å². The minimum Gasteiger partial charge on any atom is -0.352 e. The second kappa shape index (κ2) is 7.79. The van der Waals surface area contributed by atoms with Gasteiger partial charge in [0.25, 0.3) is 5.91 Å². The van der Waals surface area contributed by atoms with E-state index in [-0.39, 0.29) is 5.91 Å². The van der Waals surface area contributed by atoms with E-state index in [9.17, 15) is 4.79 Å². The number of hydrogen-bond donors (Lipinski definition) is 2. The summed E-state index contributed by atoms with van der Waals surface area (Å²) >= 11 is 5.86. The number of benzene rings is 2. The summed E-state index contributed by atoms with van der Waals surface area (Å²) < 4.78 is 0. The van der Waals surface area contributed by atoms with Crippen LogP contribution in [-0.4, -0.2) is 22.4 Å². The van der Waals surface area contributed by atoms with Gasteiger partial charge in [0.1, 0.15) is 0 Å². The Morgan fingerprint density at radius 2 is 1.75 bits per heavy atom. The zero-order valence-corrected chi connectivity index (χ0v) is 13.9. The first-order valence-corrected chi connectivity index (χ1v) is 8.18. The summed E-state index contributed by atoms with van der Waals surface area (Å²) in [5.74, 6) is -0.0599. The third kappa shape index (κ3) is 4.46. The van der Waals surface area contributed by atoms with Gasteiger partial charge in [-0.05, 0) is 41.8 Å². The highest BCUT2D eigenvalue weighted by molar-refractivity contribution is 6.30. The molecule has 3 rings (SSSR count). The van der Waals surface area contributed by atoms with Crippen molar-refractivity contribution in [2.45, 2.75) is 12.8 Å². The van der Waals surface area contributed by atoms with E-state index in [0.717, 1.165) is 34.7 Å². The van der Waals surface area contributed by atoms with E-state index in [1.807, 2.05) is 54.7 Å². The van der Waals surface area contributed by atoms with Crippen LogP contribution in [0.2, 0.25) is 5.02 Å². The first kappa shape index (κ1) is 16.3. The van der Waals surface area contributed by atoms with Crippen molar-refractivity contribution in [3.05, 3.63) is 88.5 Å². The standard InChI is InChI=1S/C19H18ClN3O/c20-17-7-3-14(4-8-17)9-10-22-19(24)16-5-1-15(2-6-16)11-18-12-21-13-23-18/h1-8,12-13H,9-11H2,(H,21,23)(H,22,24). The monoisotopic (exact) mass is 339 g/mol. The second-order valence-corrected chi connectivity index (χ2v) is 6.00. The Morgan fingerprint density at radius 3 is 2.42 bits per heavy atom. The minimum absolute atomic E-state index is 0.0599. The fourth-order valence-corrected chi connectivity index (χ4v) is 2.57. The number of imidazole rings is 1. The molecule has 0 atom stereocenters. The summed E-state index contributed by atoms with van der Waals surface area (Å²) in [5, 5.41) is 3.66. The molecule has 0 bridgehead atoms. The molecule has 122 valence electrons. The lowest BCUT2D eigenvalue weighted by atomic mass is 10.1. The molecule has 0 spiro atoms. The number of nitrogens with one attached hydrogen (secondary N) is 2. The van der Waals surface area contributed by atoms with Crippen molar-refractivity contribution in [3.8, 4) is 0 Å². The summed E-state index contributed by atoms with van der Waals surface area (Å²) in [6.07, 6.45) is 5.07. The van der Waals surface area contributed by atoms with E-state index in [1.54, 1.807) is 6.33 Å². The number of carbonyl (C=O) groups excluding carboxylic acids is 1. The quantitative estimate of drug-likeness (QED) is 0.720. The van der Waals surface area contributed by atoms with Crippen LogP contribution in [0.3, 0.4) is 0 Å². The molecule has 1 amide bonds. The molecule has 0 aliphatic carbocycles. The average Bonchev–Trinajstić information content (AvgIpc) is 3.10. The third-order valence-corrected chi connectivity index (χ3v) is 4.02. The van der Waals surface area contributed by atoms with E-state index in [2.05, 4.69) is 15.3 Å². The Bertz CT molecular complexity index is 780. The van der Waals surface area contributed by atoms with Crippen LogP contribution in [0.25, 0.3) is 0 Å². The van der Waals surface area contributed by atoms with E-state index < -0.39 is 0 Å². The van der Waals surface area contributed by atoms with Crippen LogP contribution in [0.4, 0.5) is 0 Å². The van der Waals surface area contributed by atoms with Gasteiger partial charge in [0.2, 0.25) is 0 Å². The van der Waals surface area contributed by atoms with Gasteiger partial charge in [0, 0.05) is 29.7 Å². The van der Waals surface area contributed by atoms with Gasteiger partial charge in [0.05, 0.1) is 12.0 Å². The number of H-pyrrole nitrogens is 1. The van der Waals surface area contributed by atoms with E-state index in [4.69, 9.17) is 11.6 Å². The molecule has 24 heavy (non-hydrogen) atoms. The molecule has 0 saturated carbocycles. The molecule has 0 radical (unpaired) electrons. The van der Waals surface area contributed by atoms with Crippen LogP contribution in [0.15, 0.2) is 61.1 Å². The van der Waals surface area contributed by atoms with Crippen molar-refractivity contribution < 1.29 is 4.79 Å². The van der Waals surface area contributed by atoms with Gasteiger partial charge in [-0.15, -0.1) is 0 Å². The Hall–Kier alpha value is -2.59. The molecule has 2 N–H and O–H groups in total. The van der Waals surface area contributed by atoms with Crippen molar-refractivity contribution in [1.82, 2.24) is 15.3 Å². The fourth-order valence-electron chi connectivity index (χ4n) is 2.44. The zero-order valence-electron chi connectivity index (χ0n) is 13.1. The van der Waals surface area contributed by atoms with Crippen molar-refractivity contribution in [3.63, 3.8) is 0 Å². The lowest BCUT2D eigenvalue weighted by Crippen LogP contribution is -2.25. The number of amides is 1. The molecule has 0 saturated heterocycles. The van der Waals surface area contributed by atoms with Gasteiger partial charge in [-0.1, -0.05) is 35.9 Å². The minimum atomic E-state index is -0.0599. The van der Waals surface area contributed by atoms with Gasteiger partial charge < -0.3 is 10.3 Å². The fraction of sp³-hybridized carbons (Fsp3) is 0.158. The molecule has 0 aliphatic rings. The van der Waals surface area contributed by atoms with Crippen LogP contribution in [0, 0.1) is 0 Å². The predicted octanol–water partition coefficient (Wildman–Crippen LogP) is 3.63. The predicted molar refractivity (Wildman–Crippen MR) is 95.3 cm³/mol. The van der Waals surface area contributed by atoms with E-state index >= 15 is 0 Å². The number of halogens is 1. The van der Waals surface area contributed by atoms with Gasteiger partial charge in [-0.2, -0.15) is 0 Å². The van der Waals surface area contributed by atoms with Crippen molar-refractivity contribution in [1.29, 1.82) is 0 Å². The molecule has 1 heterocycles. The second-order valence-electron chi connectivity index (χ2n) is 5.57. The number of hydrogen-bond acceptors (Lipinski definition) is 2. The van der Waals surface area contributed by atoms with Crippen LogP contribution in [-0.2, 0) is 12.8 Å². The van der Waals surface area contributed by atoms with Crippen LogP contribution in [0.5, 0.6) is 0 Å². The number of rotatable bonds is 6. The SMILES string of the molecule is O=C(NCCc1ccc(Cl)cc1)c1ccc(Cc2c[nH]cn2)cc1. The van der Waals surface area contributed by atoms with E-state index in [0.29, 0.717) is 12.1 Å². The lowest BCUT2D eigenvalue weighted by Gasteiger charge is -2.06. The summed E-state index contributed by atoms with van der Waals surface area (Å²) in [7, 11) is 0. The number of aromatic amines is 1. The number of carbonyl (C=O) groups is 1. The number of nitrogens with zero attached hydrogens (tertiary/aromatic N) is 1. The first-order valence-electron chi connectivity index (χ1n) is 7.80. The van der Waals surface area contributed by atoms with Gasteiger partial charge in [-0.25, -0.2) is 4.98 Å². The Kier molecular flexibility index (Phi) is 5.29. The highest BCUT2D eigenvalue weighted by atomic mass is 35.5. The Labute approximate surface area is 145 Å². The smallest absolute Gasteiger partial charge is 0.251 e. The Balaban J connectivity index is 1.50. The highest BCUT2D eigenvalue weighted by Gasteiger charge is 2.05. The van der Waals surface area contributed by atoms with E-state index in [1.165, 1.54) is 0 Å². The van der Waals surface area contributed by atoms with Crippen molar-refractivity contribution >= 4 is 17.5 Å². The molecule has 3 aromatic rings. The molecule has 2 aromatic carbocycles. The lowest BCUT2D eigenvalue weighted by molar-refractivity contribution is 0.0954. The highest BCUT2D eigenvalue weighted by Crippen LogP contribution is 2.10. The maximum Gasteiger partial charge on any atom is 0.251 e. The molecule has 0 aliphatic heterocycles. The normalized spacial score (nSPS) is 10.5. The summed E-state index contributed by atoms with van der Waals surface area (Å²) in [6, 6.07) is 15.3. The summed E-state index contributed by atoms with van der Waals surface area (Å²) in [6.45, 7) is 0.593. The third-order valence-electron chi connectivity index (χ3n) is 3.77. The summed E-state index contributed by atoms with van der Waals surface area (Å²) in [4.78, 5) is 19.3. The van der Waals surface area contributed by atoms with Crippen molar-refractivity contribution in [2.75, 3.05) is 6.54 Å². The van der Waals surface area contributed by atoms with Gasteiger partial charge in [-0.3, -0.25) is 4.79 Å². The maximum absolute atomic E-state index is 12.2. The van der Waals surface area contributed by atoms with Crippen LogP contribution < -0.4 is 5.32 Å². The average molecular weight is 340 g/mol. The largest absolute Gasteiger partial charge is 0.352 e. The topological polar surface area (TPSA) is 57.8 Å². The molecule has 5 heteroatoms. The molecular formula is C19H18ClN3O. The first-order chi connectivity index (χ1) is 11.7. The summed E-state index contributed by atoms with van der Waals surface area (Å²) in [5.41, 5.74) is 3.92. The number of aromatic nitrogens is 2. The molecule has 4 nitrogen and oxygen atoms in total. The molecule has 0 unspecified atom stereocenters. The molecular weight excluding hydrogens is 322 g/mol. The molecule has 0 fully saturated rings.